The van der Waals surface area contributed by atoms with Crippen LogP contribution in [0, 0.1) is 11.6 Å². The fourth-order valence-electron chi connectivity index (χ4n) is 2.85. The van der Waals surface area contributed by atoms with E-state index >= 15 is 0 Å². The van der Waals surface area contributed by atoms with Gasteiger partial charge in [0.2, 0.25) is 0 Å². The van der Waals surface area contributed by atoms with Crippen molar-refractivity contribution in [1.29, 1.82) is 0 Å². The van der Waals surface area contributed by atoms with Gasteiger partial charge >= 0.3 is 12.4 Å². The zero-order chi connectivity index (χ0) is 23.0. The minimum atomic E-state index is -4.89. The molecule has 3 nitrogen and oxygen atoms in total. The molecule has 0 aliphatic carbocycles. The molecule has 0 aliphatic heterocycles. The number of halogens is 8. The second kappa shape index (κ2) is 8.12. The molecule has 0 saturated carbocycles. The highest BCUT2D eigenvalue weighted by Crippen LogP contribution is 2.35. The first-order valence-corrected chi connectivity index (χ1v) is 8.63. The molecule has 0 fully saturated rings. The van der Waals surface area contributed by atoms with Crippen molar-refractivity contribution in [3.05, 3.63) is 82.8 Å². The lowest BCUT2D eigenvalue weighted by Crippen LogP contribution is -2.15. The van der Waals surface area contributed by atoms with Crippen molar-refractivity contribution in [1.82, 2.24) is 9.97 Å². The van der Waals surface area contributed by atoms with E-state index in [1.165, 1.54) is 24.1 Å². The Kier molecular flexibility index (Phi) is 5.88. The Balaban J connectivity index is 1.89. The normalized spacial score (nSPS) is 12.2. The smallest absolute Gasteiger partial charge is 0.329 e. The third kappa shape index (κ3) is 5.09. The maximum Gasteiger partial charge on any atom is 0.419 e. The number of benzene rings is 2. The van der Waals surface area contributed by atoms with Gasteiger partial charge in [0.05, 0.1) is 16.8 Å². The van der Waals surface area contributed by atoms with Gasteiger partial charge in [0.25, 0.3) is 0 Å². The van der Waals surface area contributed by atoms with Crippen LogP contribution in [0.2, 0.25) is 0 Å². The summed E-state index contributed by atoms with van der Waals surface area (Å²) in [6.45, 7) is 0. The molecule has 0 N–H and O–H groups in total. The van der Waals surface area contributed by atoms with E-state index in [1.807, 2.05) is 0 Å². The van der Waals surface area contributed by atoms with E-state index in [9.17, 15) is 35.1 Å². The molecule has 3 rings (SSSR count). The quantitative estimate of drug-likeness (QED) is 0.449. The average Bonchev–Trinajstić information content (AvgIpc) is 2.68. The van der Waals surface area contributed by atoms with Crippen LogP contribution in [0.4, 0.5) is 46.6 Å². The van der Waals surface area contributed by atoms with Gasteiger partial charge in [0.15, 0.2) is 0 Å². The third-order valence-electron chi connectivity index (χ3n) is 4.42. The first-order valence-electron chi connectivity index (χ1n) is 8.63. The highest BCUT2D eigenvalue weighted by atomic mass is 19.4. The van der Waals surface area contributed by atoms with Crippen molar-refractivity contribution in [3.8, 4) is 0 Å². The summed E-state index contributed by atoms with van der Waals surface area (Å²) in [6, 6.07) is 6.31. The second-order valence-corrected chi connectivity index (χ2v) is 6.58. The molecule has 0 aliphatic rings. The van der Waals surface area contributed by atoms with Gasteiger partial charge in [-0.1, -0.05) is 6.07 Å². The first-order chi connectivity index (χ1) is 14.4. The molecule has 164 valence electrons. The second-order valence-electron chi connectivity index (χ2n) is 6.58. The van der Waals surface area contributed by atoms with Crippen LogP contribution in [0.3, 0.4) is 0 Å². The lowest BCUT2D eigenvalue weighted by Gasteiger charge is -2.20. The van der Waals surface area contributed by atoms with Crippen LogP contribution >= 0.6 is 0 Å². The first kappa shape index (κ1) is 22.4. The van der Waals surface area contributed by atoms with Crippen LogP contribution in [-0.2, 0) is 18.8 Å². The number of hydrogen-bond donors (Lipinski definition) is 0. The maximum absolute atomic E-state index is 13.5. The predicted octanol–water partition coefficient (Wildman–Crippen LogP) is 6.15. The fraction of sp³-hybridized carbons (Fsp3) is 0.200. The number of rotatable bonds is 4. The van der Waals surface area contributed by atoms with Crippen LogP contribution < -0.4 is 4.90 Å². The number of aromatic nitrogens is 2. The monoisotopic (exact) mass is 447 g/mol. The van der Waals surface area contributed by atoms with Crippen LogP contribution in [0.25, 0.3) is 0 Å². The van der Waals surface area contributed by atoms with Gasteiger partial charge in [0, 0.05) is 25.2 Å². The standard InChI is InChI=1S/C20H13F8N3/c1-31(13-3-5-17(22)15(9-13)20(26,27)28)18-8-12(29-10-30-18)6-11-2-4-16(21)14(7-11)19(23,24)25/h2-5,7-10H,6H2,1H3. The maximum atomic E-state index is 13.5. The molecular formula is C20H13F8N3. The molecule has 0 unspecified atom stereocenters. The van der Waals surface area contributed by atoms with Crippen molar-refractivity contribution in [3.63, 3.8) is 0 Å². The van der Waals surface area contributed by atoms with Crippen molar-refractivity contribution < 1.29 is 35.1 Å². The molecule has 2 aromatic carbocycles. The van der Waals surface area contributed by atoms with Crippen LogP contribution in [0.1, 0.15) is 22.4 Å². The Morgan fingerprint density at radius 1 is 0.774 bits per heavy atom. The molecule has 11 heteroatoms. The highest BCUT2D eigenvalue weighted by Gasteiger charge is 2.35. The van der Waals surface area contributed by atoms with E-state index in [-0.39, 0.29) is 29.2 Å². The van der Waals surface area contributed by atoms with E-state index in [2.05, 4.69) is 9.97 Å². The third-order valence-corrected chi connectivity index (χ3v) is 4.42. The predicted molar refractivity (Wildman–Crippen MR) is 95.7 cm³/mol. The zero-order valence-corrected chi connectivity index (χ0v) is 15.7. The summed E-state index contributed by atoms with van der Waals surface area (Å²) in [6.07, 6.45) is -8.78. The molecular weight excluding hydrogens is 434 g/mol. The van der Waals surface area contributed by atoms with Crippen molar-refractivity contribution in [2.75, 3.05) is 11.9 Å². The number of anilines is 2. The highest BCUT2D eigenvalue weighted by molar-refractivity contribution is 5.60. The average molecular weight is 447 g/mol. The van der Waals surface area contributed by atoms with Crippen molar-refractivity contribution >= 4 is 11.5 Å². The fourth-order valence-corrected chi connectivity index (χ4v) is 2.85. The number of alkyl halides is 6. The van der Waals surface area contributed by atoms with E-state index < -0.39 is 35.1 Å². The number of hydrogen-bond acceptors (Lipinski definition) is 3. The van der Waals surface area contributed by atoms with Gasteiger partial charge in [-0.25, -0.2) is 18.7 Å². The van der Waals surface area contributed by atoms with E-state index in [0.29, 0.717) is 24.3 Å². The van der Waals surface area contributed by atoms with Crippen LogP contribution in [0.5, 0.6) is 0 Å². The Hall–Kier alpha value is -3.24. The summed E-state index contributed by atoms with van der Waals surface area (Å²) < 4.78 is 104. The summed E-state index contributed by atoms with van der Waals surface area (Å²) in [4.78, 5) is 9.13. The van der Waals surface area contributed by atoms with Crippen molar-refractivity contribution in [2.24, 2.45) is 0 Å². The molecule has 0 bridgehead atoms. The molecule has 0 saturated heterocycles. The molecule has 1 aromatic heterocycles. The lowest BCUT2D eigenvalue weighted by atomic mass is 10.1. The lowest BCUT2D eigenvalue weighted by molar-refractivity contribution is -0.140. The van der Waals surface area contributed by atoms with Crippen LogP contribution in [-0.4, -0.2) is 17.0 Å². The van der Waals surface area contributed by atoms with Crippen molar-refractivity contribution in [2.45, 2.75) is 18.8 Å². The Bertz CT molecular complexity index is 1090. The van der Waals surface area contributed by atoms with Gasteiger partial charge < -0.3 is 4.90 Å². The molecule has 0 radical (unpaired) electrons. The summed E-state index contributed by atoms with van der Waals surface area (Å²) in [5.41, 5.74) is -2.50. The zero-order valence-electron chi connectivity index (χ0n) is 15.7. The van der Waals surface area contributed by atoms with E-state index in [1.54, 1.807) is 0 Å². The van der Waals surface area contributed by atoms with Crippen LogP contribution in [0.15, 0.2) is 48.8 Å². The van der Waals surface area contributed by atoms with Gasteiger partial charge in [0.1, 0.15) is 23.8 Å². The molecule has 0 atom stereocenters. The van der Waals surface area contributed by atoms with Gasteiger partial charge in [-0.15, -0.1) is 0 Å². The van der Waals surface area contributed by atoms with Gasteiger partial charge in [-0.2, -0.15) is 26.3 Å². The number of nitrogens with zero attached hydrogens (tertiary/aromatic N) is 3. The SMILES string of the molecule is CN(c1ccc(F)c(C(F)(F)F)c1)c1cc(Cc2ccc(F)c(C(F)(F)F)c2)ncn1. The minimum absolute atomic E-state index is 0.0143. The summed E-state index contributed by atoms with van der Waals surface area (Å²) >= 11 is 0. The van der Waals surface area contributed by atoms with E-state index in [0.717, 1.165) is 12.4 Å². The molecule has 1 heterocycles. The summed E-state index contributed by atoms with van der Waals surface area (Å²) in [7, 11) is 1.39. The van der Waals surface area contributed by atoms with Gasteiger partial charge in [-0.3, -0.25) is 0 Å². The van der Waals surface area contributed by atoms with E-state index in [4.69, 9.17) is 0 Å². The topological polar surface area (TPSA) is 29.0 Å². The largest absolute Gasteiger partial charge is 0.419 e. The van der Waals surface area contributed by atoms with Gasteiger partial charge in [-0.05, 0) is 35.9 Å². The summed E-state index contributed by atoms with van der Waals surface area (Å²) in [5, 5.41) is 0. The Morgan fingerprint density at radius 2 is 1.35 bits per heavy atom. The molecule has 3 aromatic rings. The Morgan fingerprint density at radius 3 is 1.97 bits per heavy atom. The Labute approximate surface area is 171 Å². The molecule has 0 spiro atoms. The summed E-state index contributed by atoms with van der Waals surface area (Å²) in [5.74, 6) is -2.70. The molecule has 0 amide bonds. The molecule has 31 heavy (non-hydrogen) atoms. The minimum Gasteiger partial charge on any atom is -0.329 e.